The molecule has 1 amide bonds. The van der Waals surface area contributed by atoms with Gasteiger partial charge in [-0.1, -0.05) is 6.92 Å². The Morgan fingerprint density at radius 1 is 1.32 bits per heavy atom. The van der Waals surface area contributed by atoms with Gasteiger partial charge in [0.2, 0.25) is 5.91 Å². The van der Waals surface area contributed by atoms with E-state index in [1.54, 1.807) is 19.0 Å². The maximum atomic E-state index is 11.6. The van der Waals surface area contributed by atoms with Gasteiger partial charge in [-0.3, -0.25) is 9.69 Å². The molecule has 0 N–H and O–H groups in total. The van der Waals surface area contributed by atoms with Gasteiger partial charge in [0, 0.05) is 33.1 Å². The third-order valence-corrected chi connectivity index (χ3v) is 5.25. The third kappa shape index (κ3) is 4.63. The quantitative estimate of drug-likeness (QED) is 0.752. The van der Waals surface area contributed by atoms with Crippen molar-refractivity contribution in [1.29, 1.82) is 0 Å². The molecule has 3 rings (SSSR count). The molecule has 6 heteroatoms. The molecule has 1 unspecified atom stereocenters. The Balaban J connectivity index is 1.50. The molecule has 1 aromatic heterocycles. The molecule has 0 spiro atoms. The maximum absolute atomic E-state index is 11.6. The van der Waals surface area contributed by atoms with Crippen molar-refractivity contribution in [2.75, 3.05) is 40.5 Å². The number of carbonyl (C=O) groups excluding carboxylic acids is 1. The zero-order valence-electron chi connectivity index (χ0n) is 15.6. The normalized spacial score (nSPS) is 26.6. The molecule has 0 aromatic carbocycles. The number of furan rings is 1. The summed E-state index contributed by atoms with van der Waals surface area (Å²) in [7, 11) is 3.50. The maximum Gasteiger partial charge on any atom is 0.248 e. The van der Waals surface area contributed by atoms with E-state index < -0.39 is 0 Å². The van der Waals surface area contributed by atoms with Crippen molar-refractivity contribution in [1.82, 2.24) is 9.80 Å². The number of hydrogen-bond acceptors (Lipinski definition) is 5. The number of fused-ring (bicyclic) bond motifs is 1. The third-order valence-electron chi connectivity index (χ3n) is 5.25. The zero-order valence-corrected chi connectivity index (χ0v) is 15.6. The van der Waals surface area contributed by atoms with Crippen molar-refractivity contribution < 1.29 is 18.7 Å². The summed E-state index contributed by atoms with van der Waals surface area (Å²) in [5, 5.41) is 0. The highest BCUT2D eigenvalue weighted by atomic mass is 16.5. The molecule has 2 aliphatic rings. The molecule has 2 fully saturated rings. The van der Waals surface area contributed by atoms with Gasteiger partial charge in [-0.05, 0) is 30.9 Å². The molecular formula is C19H30N2O4. The van der Waals surface area contributed by atoms with Crippen LogP contribution in [0, 0.1) is 5.92 Å². The van der Waals surface area contributed by atoms with E-state index in [1.165, 1.54) is 0 Å². The summed E-state index contributed by atoms with van der Waals surface area (Å²) in [5.41, 5.74) is 0. The van der Waals surface area contributed by atoms with E-state index in [-0.39, 0.29) is 18.6 Å². The SMILES string of the molecule is CCc1ccc(CN2CCO[C@@H]3CC(COCC(=O)N(C)C)C[C@H]32)o1. The lowest BCUT2D eigenvalue weighted by molar-refractivity contribution is -0.134. The van der Waals surface area contributed by atoms with Gasteiger partial charge in [0.1, 0.15) is 18.1 Å². The molecule has 1 aliphatic carbocycles. The van der Waals surface area contributed by atoms with Crippen LogP contribution in [-0.2, 0) is 27.2 Å². The van der Waals surface area contributed by atoms with Crippen LogP contribution < -0.4 is 0 Å². The number of hydrogen-bond donors (Lipinski definition) is 0. The summed E-state index contributed by atoms with van der Waals surface area (Å²) in [6.07, 6.45) is 3.27. The highest BCUT2D eigenvalue weighted by molar-refractivity contribution is 5.76. The number of rotatable bonds is 7. The number of ether oxygens (including phenoxy) is 2. The molecular weight excluding hydrogens is 320 g/mol. The number of carbonyl (C=O) groups is 1. The summed E-state index contributed by atoms with van der Waals surface area (Å²) in [6, 6.07) is 4.58. The Morgan fingerprint density at radius 2 is 2.12 bits per heavy atom. The molecule has 0 radical (unpaired) electrons. The largest absolute Gasteiger partial charge is 0.465 e. The second kappa shape index (κ2) is 8.34. The van der Waals surface area contributed by atoms with Crippen LogP contribution in [0.3, 0.4) is 0 Å². The van der Waals surface area contributed by atoms with Gasteiger partial charge in [0.25, 0.3) is 0 Å². The first-order valence-electron chi connectivity index (χ1n) is 9.28. The van der Waals surface area contributed by atoms with E-state index in [0.717, 1.165) is 50.5 Å². The Morgan fingerprint density at radius 3 is 2.84 bits per heavy atom. The average molecular weight is 350 g/mol. The Labute approximate surface area is 150 Å². The minimum atomic E-state index is 0.0119. The summed E-state index contributed by atoms with van der Waals surface area (Å²) >= 11 is 0. The molecule has 1 aliphatic heterocycles. The molecule has 6 nitrogen and oxygen atoms in total. The van der Waals surface area contributed by atoms with Crippen LogP contribution in [0.25, 0.3) is 0 Å². The number of amides is 1. The van der Waals surface area contributed by atoms with Crippen LogP contribution in [0.4, 0.5) is 0 Å². The van der Waals surface area contributed by atoms with Gasteiger partial charge in [-0.15, -0.1) is 0 Å². The van der Waals surface area contributed by atoms with Crippen LogP contribution in [0.1, 0.15) is 31.3 Å². The first-order valence-corrected chi connectivity index (χ1v) is 9.28. The number of aryl methyl sites for hydroxylation is 1. The minimum absolute atomic E-state index is 0.0119. The van der Waals surface area contributed by atoms with Crippen LogP contribution in [0.15, 0.2) is 16.5 Å². The molecule has 1 saturated carbocycles. The predicted molar refractivity (Wildman–Crippen MR) is 94.3 cm³/mol. The molecule has 0 bridgehead atoms. The first kappa shape index (κ1) is 18.4. The average Bonchev–Trinajstić information content (AvgIpc) is 3.21. The highest BCUT2D eigenvalue weighted by Gasteiger charge is 2.41. The van der Waals surface area contributed by atoms with Crippen molar-refractivity contribution >= 4 is 5.91 Å². The molecule has 2 heterocycles. The number of morpholine rings is 1. The van der Waals surface area contributed by atoms with Gasteiger partial charge in [-0.25, -0.2) is 0 Å². The lowest BCUT2D eigenvalue weighted by atomic mass is 10.1. The van der Waals surface area contributed by atoms with E-state index >= 15 is 0 Å². The van der Waals surface area contributed by atoms with Crippen molar-refractivity contribution in [2.24, 2.45) is 5.92 Å². The second-order valence-electron chi connectivity index (χ2n) is 7.31. The minimum Gasteiger partial charge on any atom is -0.465 e. The first-order chi connectivity index (χ1) is 12.1. The van der Waals surface area contributed by atoms with Crippen molar-refractivity contribution in [3.63, 3.8) is 0 Å². The van der Waals surface area contributed by atoms with Crippen LogP contribution in [0.5, 0.6) is 0 Å². The number of likely N-dealkylation sites (N-methyl/N-ethyl adjacent to an activating group) is 1. The van der Waals surface area contributed by atoms with E-state index in [4.69, 9.17) is 13.9 Å². The van der Waals surface area contributed by atoms with Crippen LogP contribution >= 0.6 is 0 Å². The van der Waals surface area contributed by atoms with E-state index in [2.05, 4.69) is 24.0 Å². The topological polar surface area (TPSA) is 55.2 Å². The van der Waals surface area contributed by atoms with E-state index in [0.29, 0.717) is 18.6 Å². The monoisotopic (exact) mass is 350 g/mol. The van der Waals surface area contributed by atoms with Gasteiger partial charge in [0.15, 0.2) is 0 Å². The van der Waals surface area contributed by atoms with Gasteiger partial charge in [0.05, 0.1) is 25.9 Å². The summed E-state index contributed by atoms with van der Waals surface area (Å²) in [5.74, 6) is 2.54. The Hall–Kier alpha value is -1.37. The lowest BCUT2D eigenvalue weighted by Crippen LogP contribution is -2.47. The van der Waals surface area contributed by atoms with Crippen molar-refractivity contribution in [2.45, 2.75) is 44.9 Å². The fourth-order valence-electron chi connectivity index (χ4n) is 3.80. The lowest BCUT2D eigenvalue weighted by Gasteiger charge is -2.37. The van der Waals surface area contributed by atoms with E-state index in [9.17, 15) is 4.79 Å². The number of nitrogens with zero attached hydrogens (tertiary/aromatic N) is 2. The van der Waals surface area contributed by atoms with Gasteiger partial charge in [-0.2, -0.15) is 0 Å². The van der Waals surface area contributed by atoms with Crippen LogP contribution in [0.2, 0.25) is 0 Å². The van der Waals surface area contributed by atoms with Gasteiger partial charge < -0.3 is 18.8 Å². The van der Waals surface area contributed by atoms with Crippen molar-refractivity contribution in [3.05, 3.63) is 23.7 Å². The smallest absolute Gasteiger partial charge is 0.248 e. The molecule has 1 saturated heterocycles. The Kier molecular flexibility index (Phi) is 6.15. The zero-order chi connectivity index (χ0) is 17.8. The Bertz CT molecular complexity index is 572. The van der Waals surface area contributed by atoms with Gasteiger partial charge >= 0.3 is 0 Å². The second-order valence-corrected chi connectivity index (χ2v) is 7.31. The summed E-state index contributed by atoms with van der Waals surface area (Å²) in [6.45, 7) is 5.46. The molecule has 3 atom stereocenters. The molecule has 1 aromatic rings. The fraction of sp³-hybridized carbons (Fsp3) is 0.737. The molecule has 140 valence electrons. The van der Waals surface area contributed by atoms with Crippen molar-refractivity contribution in [3.8, 4) is 0 Å². The summed E-state index contributed by atoms with van der Waals surface area (Å²) < 4.78 is 17.5. The fourth-order valence-corrected chi connectivity index (χ4v) is 3.80. The molecule has 25 heavy (non-hydrogen) atoms. The highest BCUT2D eigenvalue weighted by Crippen LogP contribution is 2.35. The predicted octanol–water partition coefficient (Wildman–Crippen LogP) is 1.93. The standard InChI is InChI=1S/C19H30N2O4/c1-4-15-5-6-16(25-15)11-21-7-8-24-18-10-14(9-17(18)21)12-23-13-19(22)20(2)3/h5-6,14,17-18H,4,7-13H2,1-3H3/t14?,17-,18-/m1/s1. The van der Waals surface area contributed by atoms with Crippen LogP contribution in [-0.4, -0.2) is 68.3 Å². The summed E-state index contributed by atoms with van der Waals surface area (Å²) in [4.78, 5) is 15.7. The van der Waals surface area contributed by atoms with E-state index in [1.807, 2.05) is 0 Å².